The topological polar surface area (TPSA) is 154 Å². The number of nitriles is 1. The number of benzene rings is 1. The number of anilines is 2. The molecule has 0 unspecified atom stereocenters. The van der Waals surface area contributed by atoms with Gasteiger partial charge in [-0.25, -0.2) is 8.91 Å². The second kappa shape index (κ2) is 10.9. The standard InChI is InChI=1S/C28H25FN8O3/c1-28(2,39)24(29)16-32-26(38)20-15-31-22(23-9-8-19-10-18(13-30)14-33-37(19)23)12-21(20)34-27-36-35-25(40-27)11-17-6-4-3-5-7-17/h3-10,12,14-15,24,39H,11,16H2,1-2H3,(H,32,38)(H,31,34,36)/t24-/m1/s1. The fraction of sp³-hybridized carbons (Fsp3) is 0.214. The molecule has 0 saturated carbocycles. The van der Waals surface area contributed by atoms with Gasteiger partial charge < -0.3 is 20.2 Å². The third kappa shape index (κ3) is 5.79. The van der Waals surface area contributed by atoms with Crippen LogP contribution in [0.4, 0.5) is 16.1 Å². The molecule has 3 N–H and O–H groups in total. The third-order valence-electron chi connectivity index (χ3n) is 6.16. The second-order valence-corrected chi connectivity index (χ2v) is 9.65. The van der Waals surface area contributed by atoms with Crippen molar-refractivity contribution in [2.24, 2.45) is 0 Å². The van der Waals surface area contributed by atoms with Crippen LogP contribution in [-0.4, -0.2) is 54.1 Å². The summed E-state index contributed by atoms with van der Waals surface area (Å²) >= 11 is 0. The van der Waals surface area contributed by atoms with Gasteiger partial charge in [-0.1, -0.05) is 35.4 Å². The van der Waals surface area contributed by atoms with Crippen molar-refractivity contribution in [2.75, 3.05) is 11.9 Å². The highest BCUT2D eigenvalue weighted by atomic mass is 19.1. The predicted octanol–water partition coefficient (Wildman–Crippen LogP) is 3.82. The third-order valence-corrected chi connectivity index (χ3v) is 6.16. The Morgan fingerprint density at radius 3 is 2.73 bits per heavy atom. The van der Waals surface area contributed by atoms with Crippen molar-refractivity contribution in [3.05, 3.63) is 89.6 Å². The molecule has 1 amide bonds. The average molecular weight is 541 g/mol. The molecule has 202 valence electrons. The number of nitrogens with zero attached hydrogens (tertiary/aromatic N) is 6. The maximum atomic E-state index is 14.3. The molecule has 11 nitrogen and oxygen atoms in total. The number of alkyl halides is 1. The number of hydrogen-bond donors (Lipinski definition) is 3. The van der Waals surface area contributed by atoms with Crippen molar-refractivity contribution in [3.8, 4) is 17.5 Å². The van der Waals surface area contributed by atoms with Gasteiger partial charge in [0.05, 0.1) is 58.5 Å². The van der Waals surface area contributed by atoms with Crippen molar-refractivity contribution in [1.29, 1.82) is 5.26 Å². The number of hydrogen-bond acceptors (Lipinski definition) is 9. The Labute approximate surface area is 228 Å². The SMILES string of the molecule is CC(C)(O)[C@H](F)CNC(=O)c1cnc(-c2ccc3cc(C#N)cnn23)cc1Nc1nnc(Cc2ccccc2)o1. The summed E-state index contributed by atoms with van der Waals surface area (Å²) in [5, 5.41) is 37.0. The van der Waals surface area contributed by atoms with Gasteiger partial charge in [0.15, 0.2) is 0 Å². The van der Waals surface area contributed by atoms with Crippen molar-refractivity contribution in [1.82, 2.24) is 30.1 Å². The summed E-state index contributed by atoms with van der Waals surface area (Å²) in [5.41, 5.74) is 1.91. The van der Waals surface area contributed by atoms with E-state index >= 15 is 0 Å². The lowest BCUT2D eigenvalue weighted by Gasteiger charge is -2.22. The largest absolute Gasteiger partial charge is 0.408 e. The summed E-state index contributed by atoms with van der Waals surface area (Å²) in [6, 6.07) is 18.6. The zero-order valence-electron chi connectivity index (χ0n) is 21.7. The minimum absolute atomic E-state index is 0.0498. The number of aliphatic hydroxyl groups is 1. The summed E-state index contributed by atoms with van der Waals surface area (Å²) in [5.74, 6) is -0.246. The van der Waals surface area contributed by atoms with E-state index in [-0.39, 0.29) is 17.3 Å². The van der Waals surface area contributed by atoms with Crippen LogP contribution in [0.2, 0.25) is 0 Å². The first-order valence-electron chi connectivity index (χ1n) is 12.4. The molecule has 4 heterocycles. The smallest absolute Gasteiger partial charge is 0.320 e. The number of nitrogens with one attached hydrogen (secondary N) is 2. The molecule has 5 aromatic rings. The van der Waals surface area contributed by atoms with E-state index in [9.17, 15) is 19.6 Å². The monoisotopic (exact) mass is 540 g/mol. The molecular weight excluding hydrogens is 515 g/mol. The van der Waals surface area contributed by atoms with Gasteiger partial charge >= 0.3 is 6.01 Å². The maximum Gasteiger partial charge on any atom is 0.320 e. The van der Waals surface area contributed by atoms with Crippen LogP contribution < -0.4 is 10.6 Å². The number of aromatic nitrogens is 5. The zero-order valence-corrected chi connectivity index (χ0v) is 21.7. The molecule has 4 aromatic heterocycles. The molecular formula is C28H25FN8O3. The Bertz CT molecular complexity index is 1700. The van der Waals surface area contributed by atoms with Crippen LogP contribution in [0.5, 0.6) is 0 Å². The summed E-state index contributed by atoms with van der Waals surface area (Å²) in [4.78, 5) is 17.5. The highest BCUT2D eigenvalue weighted by Gasteiger charge is 2.27. The molecule has 1 aromatic carbocycles. The predicted molar refractivity (Wildman–Crippen MR) is 143 cm³/mol. The Hall–Kier alpha value is -5.15. The summed E-state index contributed by atoms with van der Waals surface area (Å²) in [6.45, 7) is 2.25. The van der Waals surface area contributed by atoms with Crippen molar-refractivity contribution in [2.45, 2.75) is 32.0 Å². The second-order valence-electron chi connectivity index (χ2n) is 9.65. The molecule has 40 heavy (non-hydrogen) atoms. The number of pyridine rings is 1. The van der Waals surface area contributed by atoms with Gasteiger partial charge in [-0.3, -0.25) is 9.78 Å². The van der Waals surface area contributed by atoms with E-state index in [2.05, 4.69) is 37.0 Å². The van der Waals surface area contributed by atoms with Crippen molar-refractivity contribution < 1.29 is 18.7 Å². The fourth-order valence-corrected chi connectivity index (χ4v) is 3.92. The number of rotatable bonds is 9. The summed E-state index contributed by atoms with van der Waals surface area (Å²) in [7, 11) is 0. The molecule has 0 saturated heterocycles. The Morgan fingerprint density at radius 2 is 1.98 bits per heavy atom. The minimum Gasteiger partial charge on any atom is -0.408 e. The Kier molecular flexibility index (Phi) is 7.22. The molecule has 12 heteroatoms. The number of halogens is 1. The molecule has 0 radical (unpaired) electrons. The van der Waals surface area contributed by atoms with Gasteiger partial charge in [-0.05, 0) is 43.7 Å². The summed E-state index contributed by atoms with van der Waals surface area (Å²) in [6.07, 6.45) is 1.52. The van der Waals surface area contributed by atoms with E-state index < -0.39 is 24.2 Å². The first-order chi connectivity index (χ1) is 19.2. The minimum atomic E-state index is -1.69. The lowest BCUT2D eigenvalue weighted by molar-refractivity contribution is -0.00177. The van der Waals surface area contributed by atoms with E-state index in [0.29, 0.717) is 34.8 Å². The molecule has 5 rings (SSSR count). The number of amides is 1. The molecule has 0 aliphatic rings. The van der Waals surface area contributed by atoms with Gasteiger partial charge in [0.25, 0.3) is 5.91 Å². The van der Waals surface area contributed by atoms with Gasteiger partial charge in [0.1, 0.15) is 12.2 Å². The molecule has 0 spiro atoms. The first kappa shape index (κ1) is 26.5. The van der Waals surface area contributed by atoms with Crippen LogP contribution in [0.25, 0.3) is 16.9 Å². The van der Waals surface area contributed by atoms with E-state index in [4.69, 9.17) is 4.42 Å². The van der Waals surface area contributed by atoms with Crippen molar-refractivity contribution >= 4 is 23.1 Å². The quantitative estimate of drug-likeness (QED) is 0.253. The number of carbonyl (C=O) groups excluding carboxylic acids is 1. The fourth-order valence-electron chi connectivity index (χ4n) is 3.92. The molecule has 1 atom stereocenters. The van der Waals surface area contributed by atoms with E-state index in [1.54, 1.807) is 28.8 Å². The average Bonchev–Trinajstić information content (AvgIpc) is 3.57. The van der Waals surface area contributed by atoms with E-state index in [1.807, 2.05) is 30.3 Å². The normalized spacial score (nSPS) is 12.2. The van der Waals surface area contributed by atoms with Crippen LogP contribution in [0.1, 0.15) is 41.2 Å². The van der Waals surface area contributed by atoms with E-state index in [1.165, 1.54) is 26.2 Å². The lowest BCUT2D eigenvalue weighted by atomic mass is 10.0. The van der Waals surface area contributed by atoms with Crippen LogP contribution >= 0.6 is 0 Å². The molecule has 0 aliphatic carbocycles. The zero-order chi connectivity index (χ0) is 28.3. The van der Waals surface area contributed by atoms with Crippen LogP contribution in [0.15, 0.2) is 71.4 Å². The van der Waals surface area contributed by atoms with E-state index in [0.717, 1.165) is 5.56 Å². The maximum absolute atomic E-state index is 14.3. The highest BCUT2D eigenvalue weighted by molar-refractivity contribution is 6.00. The lowest BCUT2D eigenvalue weighted by Crippen LogP contribution is -2.42. The van der Waals surface area contributed by atoms with Crippen molar-refractivity contribution in [3.63, 3.8) is 0 Å². The number of fused-ring (bicyclic) bond motifs is 1. The number of carbonyl (C=O) groups is 1. The molecule has 0 fully saturated rings. The van der Waals surface area contributed by atoms with Crippen LogP contribution in [0, 0.1) is 11.3 Å². The van der Waals surface area contributed by atoms with Gasteiger partial charge in [-0.2, -0.15) is 10.4 Å². The summed E-state index contributed by atoms with van der Waals surface area (Å²) < 4.78 is 21.7. The van der Waals surface area contributed by atoms with Crippen LogP contribution in [-0.2, 0) is 6.42 Å². The van der Waals surface area contributed by atoms with Gasteiger partial charge in [-0.15, -0.1) is 5.10 Å². The van der Waals surface area contributed by atoms with Crippen LogP contribution in [0.3, 0.4) is 0 Å². The van der Waals surface area contributed by atoms with Gasteiger partial charge in [0, 0.05) is 6.20 Å². The highest BCUT2D eigenvalue weighted by Crippen LogP contribution is 2.28. The Morgan fingerprint density at radius 1 is 1.18 bits per heavy atom. The Balaban J connectivity index is 1.46. The van der Waals surface area contributed by atoms with Gasteiger partial charge in [0.2, 0.25) is 5.89 Å². The molecule has 0 bridgehead atoms. The first-order valence-corrected chi connectivity index (χ1v) is 12.4. The molecule has 0 aliphatic heterocycles.